The third-order valence-electron chi connectivity index (χ3n) is 4.33. The average Bonchev–Trinajstić information content (AvgIpc) is 3.10. The number of hydrogen-bond donors (Lipinski definition) is 1. The Kier molecular flexibility index (Phi) is 3.55. The first kappa shape index (κ1) is 15.1. The smallest absolute Gasteiger partial charge is 0.261 e. The second-order valence-electron chi connectivity index (χ2n) is 5.97. The highest BCUT2D eigenvalue weighted by atomic mass is 16.1. The number of fused-ring (bicyclic) bond motifs is 2. The number of aromatic nitrogens is 2. The molecule has 1 aromatic heterocycles. The molecule has 6 nitrogen and oxygen atoms in total. The number of benzene rings is 2. The summed E-state index contributed by atoms with van der Waals surface area (Å²) in [5.41, 5.74) is 1.93. The van der Waals surface area contributed by atoms with Crippen LogP contribution in [0.25, 0.3) is 10.9 Å². The number of nitrogens with one attached hydrogen (secondary N) is 1. The van der Waals surface area contributed by atoms with Crippen molar-refractivity contribution in [3.05, 3.63) is 69.8 Å². The monoisotopic (exact) mass is 330 g/mol. The van der Waals surface area contributed by atoms with Gasteiger partial charge in [0.25, 0.3) is 11.5 Å². The molecule has 3 aromatic rings. The van der Waals surface area contributed by atoms with Crippen molar-refractivity contribution in [2.24, 2.45) is 0 Å². The Hall–Kier alpha value is -3.46. The lowest BCUT2D eigenvalue weighted by Gasteiger charge is -2.08. The van der Waals surface area contributed by atoms with Gasteiger partial charge in [0.2, 0.25) is 0 Å². The number of nitriles is 1. The zero-order chi connectivity index (χ0) is 17.4. The molecule has 1 N–H and O–H groups in total. The van der Waals surface area contributed by atoms with E-state index in [0.29, 0.717) is 34.3 Å². The van der Waals surface area contributed by atoms with Crippen LogP contribution in [0.2, 0.25) is 0 Å². The zero-order valence-corrected chi connectivity index (χ0v) is 13.3. The van der Waals surface area contributed by atoms with Crippen molar-refractivity contribution < 1.29 is 4.79 Å². The number of carbonyl (C=O) groups is 1. The lowest BCUT2D eigenvalue weighted by atomic mass is 10.1. The maximum Gasteiger partial charge on any atom is 0.261 e. The normalized spacial score (nSPS) is 12.6. The van der Waals surface area contributed by atoms with E-state index in [1.807, 2.05) is 6.07 Å². The van der Waals surface area contributed by atoms with Gasteiger partial charge < -0.3 is 5.32 Å². The van der Waals surface area contributed by atoms with E-state index >= 15 is 0 Å². The van der Waals surface area contributed by atoms with Crippen LogP contribution < -0.4 is 10.9 Å². The molecule has 0 unspecified atom stereocenters. The number of nitrogens with zero attached hydrogens (tertiary/aromatic N) is 3. The molecule has 0 spiro atoms. The third kappa shape index (κ3) is 2.66. The van der Waals surface area contributed by atoms with Crippen molar-refractivity contribution in [3.8, 4) is 6.07 Å². The molecule has 0 saturated heterocycles. The summed E-state index contributed by atoms with van der Waals surface area (Å²) >= 11 is 0. The topological polar surface area (TPSA) is 87.8 Å². The van der Waals surface area contributed by atoms with E-state index in [9.17, 15) is 9.59 Å². The van der Waals surface area contributed by atoms with Crippen molar-refractivity contribution in [1.29, 1.82) is 5.26 Å². The van der Waals surface area contributed by atoms with Crippen LogP contribution in [0.3, 0.4) is 0 Å². The second kappa shape index (κ2) is 5.87. The quantitative estimate of drug-likeness (QED) is 0.782. The SMILES string of the molecule is N#Cc1cccc(NC(=O)c2ccc3c(=O)n4c(nc3c2)CCC4)c1. The molecule has 0 saturated carbocycles. The minimum Gasteiger partial charge on any atom is -0.322 e. The number of carbonyl (C=O) groups excluding carboxylic acids is 1. The van der Waals surface area contributed by atoms with Crippen molar-refractivity contribution >= 4 is 22.5 Å². The fourth-order valence-corrected chi connectivity index (χ4v) is 3.09. The summed E-state index contributed by atoms with van der Waals surface area (Å²) in [5.74, 6) is 0.469. The Morgan fingerprint density at radius 2 is 2.12 bits per heavy atom. The summed E-state index contributed by atoms with van der Waals surface area (Å²) in [6.45, 7) is 0.703. The summed E-state index contributed by atoms with van der Waals surface area (Å²) in [7, 11) is 0. The Labute approximate surface area is 143 Å². The first-order valence-corrected chi connectivity index (χ1v) is 8.01. The number of anilines is 1. The molecule has 122 valence electrons. The van der Waals surface area contributed by atoms with Gasteiger partial charge in [-0.2, -0.15) is 5.26 Å². The van der Waals surface area contributed by atoms with Gasteiger partial charge in [0.1, 0.15) is 5.82 Å². The molecule has 0 aliphatic carbocycles. The maximum absolute atomic E-state index is 12.5. The highest BCUT2D eigenvalue weighted by Crippen LogP contribution is 2.17. The van der Waals surface area contributed by atoms with Crippen LogP contribution in [-0.2, 0) is 13.0 Å². The minimum absolute atomic E-state index is 0.0498. The summed E-state index contributed by atoms with van der Waals surface area (Å²) in [5, 5.41) is 12.2. The van der Waals surface area contributed by atoms with E-state index in [1.165, 1.54) is 0 Å². The van der Waals surface area contributed by atoms with Gasteiger partial charge in [-0.05, 0) is 42.8 Å². The summed E-state index contributed by atoms with van der Waals surface area (Å²) in [6, 6.07) is 13.7. The molecule has 1 amide bonds. The second-order valence-corrected chi connectivity index (χ2v) is 5.97. The van der Waals surface area contributed by atoms with Crippen molar-refractivity contribution in [3.63, 3.8) is 0 Å². The molecule has 2 aromatic carbocycles. The summed E-state index contributed by atoms with van der Waals surface area (Å²) in [6.07, 6.45) is 1.70. The molecule has 1 aliphatic heterocycles. The molecular formula is C19H14N4O2. The Morgan fingerprint density at radius 1 is 1.24 bits per heavy atom. The van der Waals surface area contributed by atoms with Crippen LogP contribution in [-0.4, -0.2) is 15.5 Å². The molecule has 25 heavy (non-hydrogen) atoms. The molecule has 2 heterocycles. The van der Waals surface area contributed by atoms with Crippen molar-refractivity contribution in [2.75, 3.05) is 5.32 Å². The molecule has 1 aliphatic rings. The molecular weight excluding hydrogens is 316 g/mol. The van der Waals surface area contributed by atoms with Gasteiger partial charge in [0.05, 0.1) is 22.5 Å². The molecule has 0 atom stereocenters. The van der Waals surface area contributed by atoms with E-state index < -0.39 is 0 Å². The van der Waals surface area contributed by atoms with Crippen LogP contribution in [0.1, 0.15) is 28.2 Å². The van der Waals surface area contributed by atoms with E-state index in [4.69, 9.17) is 5.26 Å². The minimum atomic E-state index is -0.306. The van der Waals surface area contributed by atoms with Crippen LogP contribution in [0, 0.1) is 11.3 Å². The third-order valence-corrected chi connectivity index (χ3v) is 4.33. The van der Waals surface area contributed by atoms with E-state index in [-0.39, 0.29) is 11.5 Å². The first-order chi connectivity index (χ1) is 12.2. The predicted octanol–water partition coefficient (Wildman–Crippen LogP) is 2.47. The van der Waals surface area contributed by atoms with Gasteiger partial charge in [-0.15, -0.1) is 0 Å². The lowest BCUT2D eigenvalue weighted by molar-refractivity contribution is 0.102. The molecule has 0 fully saturated rings. The van der Waals surface area contributed by atoms with Gasteiger partial charge in [-0.3, -0.25) is 14.2 Å². The lowest BCUT2D eigenvalue weighted by Crippen LogP contribution is -2.21. The van der Waals surface area contributed by atoms with E-state index in [0.717, 1.165) is 18.7 Å². The van der Waals surface area contributed by atoms with Crippen LogP contribution in [0.15, 0.2) is 47.3 Å². The fraction of sp³-hybridized carbons (Fsp3) is 0.158. The molecule has 6 heteroatoms. The number of amides is 1. The van der Waals surface area contributed by atoms with E-state index in [1.54, 1.807) is 47.0 Å². The average molecular weight is 330 g/mol. The number of hydrogen-bond acceptors (Lipinski definition) is 4. The highest BCUT2D eigenvalue weighted by Gasteiger charge is 2.17. The summed E-state index contributed by atoms with van der Waals surface area (Å²) in [4.78, 5) is 29.5. The van der Waals surface area contributed by atoms with E-state index in [2.05, 4.69) is 10.3 Å². The number of rotatable bonds is 2. The Morgan fingerprint density at radius 3 is 2.96 bits per heavy atom. The van der Waals surface area contributed by atoms with Gasteiger partial charge in [0, 0.05) is 24.2 Å². The van der Waals surface area contributed by atoms with Crippen LogP contribution >= 0.6 is 0 Å². The van der Waals surface area contributed by atoms with Crippen LogP contribution in [0.5, 0.6) is 0 Å². The van der Waals surface area contributed by atoms with Gasteiger partial charge >= 0.3 is 0 Å². The largest absolute Gasteiger partial charge is 0.322 e. The number of aryl methyl sites for hydroxylation is 1. The predicted molar refractivity (Wildman–Crippen MR) is 93.4 cm³/mol. The van der Waals surface area contributed by atoms with Gasteiger partial charge in [0.15, 0.2) is 0 Å². The molecule has 0 bridgehead atoms. The van der Waals surface area contributed by atoms with Crippen molar-refractivity contribution in [2.45, 2.75) is 19.4 Å². The molecule has 0 radical (unpaired) electrons. The van der Waals surface area contributed by atoms with Crippen molar-refractivity contribution in [1.82, 2.24) is 9.55 Å². The zero-order valence-electron chi connectivity index (χ0n) is 13.3. The maximum atomic E-state index is 12.5. The summed E-state index contributed by atoms with van der Waals surface area (Å²) < 4.78 is 1.70. The highest BCUT2D eigenvalue weighted by molar-refractivity contribution is 6.06. The Balaban J connectivity index is 1.69. The van der Waals surface area contributed by atoms with Crippen LogP contribution in [0.4, 0.5) is 5.69 Å². The molecule has 4 rings (SSSR count). The van der Waals surface area contributed by atoms with Gasteiger partial charge in [-0.25, -0.2) is 4.98 Å². The standard InChI is InChI=1S/C19H14N4O2/c20-11-12-3-1-4-14(9-12)21-18(24)13-6-7-15-16(10-13)22-17-5-2-8-23(17)19(15)25/h1,3-4,6-7,9-10H,2,5,8H2,(H,21,24). The first-order valence-electron chi connectivity index (χ1n) is 8.01. The van der Waals surface area contributed by atoms with Gasteiger partial charge in [-0.1, -0.05) is 6.07 Å². The Bertz CT molecular complexity index is 1110. The fourth-order valence-electron chi connectivity index (χ4n) is 3.09.